The number of carbonyl (C=O) groups is 2. The fourth-order valence-corrected chi connectivity index (χ4v) is 3.31. The monoisotopic (exact) mass is 384 g/mol. The maximum absolute atomic E-state index is 13.2. The Morgan fingerprint density at radius 1 is 1.21 bits per heavy atom. The quantitative estimate of drug-likeness (QED) is 0.658. The van der Waals surface area contributed by atoms with E-state index in [1.165, 1.54) is 23.0 Å². The molecule has 3 aromatic rings. The van der Waals surface area contributed by atoms with Crippen molar-refractivity contribution < 1.29 is 19.1 Å². The van der Waals surface area contributed by atoms with E-state index in [9.17, 15) is 14.0 Å². The minimum Gasteiger partial charge on any atom is -0.480 e. The Balaban J connectivity index is 1.52. The third kappa shape index (κ3) is 3.48. The van der Waals surface area contributed by atoms with Crippen LogP contribution in [0, 0.1) is 5.82 Å². The zero-order valence-electron chi connectivity index (χ0n) is 14.8. The number of aliphatic carboxylic acids is 1. The Morgan fingerprint density at radius 3 is 2.75 bits per heavy atom. The highest BCUT2D eigenvalue weighted by molar-refractivity contribution is 5.94. The van der Waals surface area contributed by atoms with Crippen LogP contribution in [0.15, 0.2) is 30.5 Å². The SMILES string of the molecule is O=C(O)Cn1cc(CNC(=O)c2nn(-c3ccc(F)cc3)c3c2CCC3)nn1. The fourth-order valence-electron chi connectivity index (χ4n) is 3.31. The molecule has 2 aromatic heterocycles. The van der Waals surface area contributed by atoms with Crippen LogP contribution in [0.25, 0.3) is 5.69 Å². The lowest BCUT2D eigenvalue weighted by Gasteiger charge is -2.05. The molecule has 0 bridgehead atoms. The number of amides is 1. The molecular formula is C18H17FN6O3. The van der Waals surface area contributed by atoms with Crippen molar-refractivity contribution in [3.8, 4) is 5.69 Å². The standard InChI is InChI=1S/C18H17FN6O3/c19-11-4-6-13(7-5-11)25-15-3-1-2-14(15)17(22-25)18(28)20-8-12-9-24(23-21-12)10-16(26)27/h4-7,9H,1-3,8,10H2,(H,20,28)(H,26,27). The van der Waals surface area contributed by atoms with Gasteiger partial charge in [-0.05, 0) is 43.5 Å². The number of aromatic nitrogens is 5. The van der Waals surface area contributed by atoms with Crippen molar-refractivity contribution in [2.45, 2.75) is 32.4 Å². The summed E-state index contributed by atoms with van der Waals surface area (Å²) < 4.78 is 16.1. The van der Waals surface area contributed by atoms with Crippen LogP contribution in [0.3, 0.4) is 0 Å². The van der Waals surface area contributed by atoms with Gasteiger partial charge in [0.05, 0.1) is 18.4 Å². The number of hydrogen-bond donors (Lipinski definition) is 2. The summed E-state index contributed by atoms with van der Waals surface area (Å²) in [4.78, 5) is 23.4. The number of rotatable bonds is 6. The van der Waals surface area contributed by atoms with Gasteiger partial charge in [-0.15, -0.1) is 5.10 Å². The molecule has 1 aliphatic rings. The molecule has 9 nitrogen and oxygen atoms in total. The average molecular weight is 384 g/mol. The summed E-state index contributed by atoms with van der Waals surface area (Å²) in [7, 11) is 0. The number of nitrogens with one attached hydrogen (secondary N) is 1. The number of carboxylic acid groups (broad SMARTS) is 1. The number of carbonyl (C=O) groups excluding carboxylic acids is 1. The predicted molar refractivity (Wildman–Crippen MR) is 94.4 cm³/mol. The van der Waals surface area contributed by atoms with Gasteiger partial charge in [0.15, 0.2) is 5.69 Å². The molecule has 0 atom stereocenters. The Hall–Kier alpha value is -3.56. The van der Waals surface area contributed by atoms with E-state index in [4.69, 9.17) is 5.11 Å². The molecule has 0 radical (unpaired) electrons. The molecule has 0 aliphatic heterocycles. The first-order valence-electron chi connectivity index (χ1n) is 8.77. The lowest BCUT2D eigenvalue weighted by atomic mass is 10.2. The number of benzene rings is 1. The molecule has 0 saturated heterocycles. The molecule has 144 valence electrons. The van der Waals surface area contributed by atoms with Crippen LogP contribution >= 0.6 is 0 Å². The van der Waals surface area contributed by atoms with E-state index in [0.717, 1.165) is 30.5 Å². The van der Waals surface area contributed by atoms with Crippen molar-refractivity contribution in [3.05, 3.63) is 58.9 Å². The Bertz CT molecular complexity index is 1040. The van der Waals surface area contributed by atoms with Crippen molar-refractivity contribution >= 4 is 11.9 Å². The first-order valence-corrected chi connectivity index (χ1v) is 8.77. The van der Waals surface area contributed by atoms with Crippen LogP contribution in [0.4, 0.5) is 4.39 Å². The Morgan fingerprint density at radius 2 is 2.00 bits per heavy atom. The lowest BCUT2D eigenvalue weighted by Crippen LogP contribution is -2.24. The number of carboxylic acids is 1. The second-order valence-electron chi connectivity index (χ2n) is 6.50. The molecule has 1 aromatic carbocycles. The Kier molecular flexibility index (Phi) is 4.60. The summed E-state index contributed by atoms with van der Waals surface area (Å²) in [5, 5.41) is 23.5. The van der Waals surface area contributed by atoms with E-state index in [1.54, 1.807) is 16.8 Å². The highest BCUT2D eigenvalue weighted by Crippen LogP contribution is 2.27. The van der Waals surface area contributed by atoms with E-state index < -0.39 is 5.97 Å². The summed E-state index contributed by atoms with van der Waals surface area (Å²) in [6, 6.07) is 5.98. The minimum absolute atomic E-state index is 0.108. The van der Waals surface area contributed by atoms with Gasteiger partial charge >= 0.3 is 5.97 Å². The molecule has 10 heteroatoms. The predicted octanol–water partition coefficient (Wildman–Crippen LogP) is 1.11. The van der Waals surface area contributed by atoms with Crippen molar-refractivity contribution in [3.63, 3.8) is 0 Å². The van der Waals surface area contributed by atoms with E-state index in [1.807, 2.05) is 0 Å². The van der Waals surface area contributed by atoms with Crippen LogP contribution in [-0.2, 0) is 30.7 Å². The van der Waals surface area contributed by atoms with Crippen LogP contribution in [0.1, 0.15) is 33.9 Å². The topological polar surface area (TPSA) is 115 Å². The van der Waals surface area contributed by atoms with E-state index in [-0.39, 0.29) is 24.8 Å². The van der Waals surface area contributed by atoms with Crippen LogP contribution in [0.2, 0.25) is 0 Å². The first kappa shape index (κ1) is 17.8. The molecular weight excluding hydrogens is 367 g/mol. The maximum atomic E-state index is 13.2. The van der Waals surface area contributed by atoms with Crippen molar-refractivity contribution in [1.82, 2.24) is 30.1 Å². The number of hydrogen-bond acceptors (Lipinski definition) is 5. The van der Waals surface area contributed by atoms with Gasteiger partial charge in [-0.2, -0.15) is 5.10 Å². The van der Waals surface area contributed by atoms with Gasteiger partial charge in [-0.1, -0.05) is 5.21 Å². The number of nitrogens with zero attached hydrogens (tertiary/aromatic N) is 5. The molecule has 2 heterocycles. The van der Waals surface area contributed by atoms with Crippen molar-refractivity contribution in [1.29, 1.82) is 0 Å². The van der Waals surface area contributed by atoms with Gasteiger partial charge < -0.3 is 10.4 Å². The van der Waals surface area contributed by atoms with Gasteiger partial charge in [0, 0.05) is 11.3 Å². The third-order valence-corrected chi connectivity index (χ3v) is 4.53. The second kappa shape index (κ2) is 7.22. The molecule has 0 unspecified atom stereocenters. The number of halogens is 1. The van der Waals surface area contributed by atoms with Crippen molar-refractivity contribution in [2.75, 3.05) is 0 Å². The molecule has 0 saturated carbocycles. The molecule has 0 spiro atoms. The maximum Gasteiger partial charge on any atom is 0.325 e. The highest BCUT2D eigenvalue weighted by Gasteiger charge is 2.27. The zero-order valence-corrected chi connectivity index (χ0v) is 14.8. The molecule has 2 N–H and O–H groups in total. The summed E-state index contributed by atoms with van der Waals surface area (Å²) >= 11 is 0. The van der Waals surface area contributed by atoms with E-state index in [2.05, 4.69) is 20.7 Å². The van der Waals surface area contributed by atoms with Crippen LogP contribution in [-0.4, -0.2) is 41.8 Å². The Labute approximate surface area is 158 Å². The minimum atomic E-state index is -1.03. The summed E-state index contributed by atoms with van der Waals surface area (Å²) in [5.41, 5.74) is 3.36. The normalized spacial score (nSPS) is 12.8. The highest BCUT2D eigenvalue weighted by atomic mass is 19.1. The summed E-state index contributed by atoms with van der Waals surface area (Å²) in [6.07, 6.45) is 3.96. The average Bonchev–Trinajstić information content (AvgIpc) is 3.36. The summed E-state index contributed by atoms with van der Waals surface area (Å²) in [5.74, 6) is -1.70. The molecule has 0 fully saturated rings. The zero-order chi connectivity index (χ0) is 19.7. The van der Waals surface area contributed by atoms with Crippen LogP contribution in [0.5, 0.6) is 0 Å². The van der Waals surface area contributed by atoms with Gasteiger partial charge in [0.2, 0.25) is 0 Å². The van der Waals surface area contributed by atoms with Crippen LogP contribution < -0.4 is 5.32 Å². The van der Waals surface area contributed by atoms with E-state index in [0.29, 0.717) is 17.1 Å². The largest absolute Gasteiger partial charge is 0.480 e. The molecule has 28 heavy (non-hydrogen) atoms. The van der Waals surface area contributed by atoms with Gasteiger partial charge in [0.1, 0.15) is 18.1 Å². The van der Waals surface area contributed by atoms with Gasteiger partial charge in [-0.25, -0.2) is 13.8 Å². The third-order valence-electron chi connectivity index (χ3n) is 4.53. The molecule has 1 amide bonds. The first-order chi connectivity index (χ1) is 13.5. The molecule has 1 aliphatic carbocycles. The lowest BCUT2D eigenvalue weighted by molar-refractivity contribution is -0.137. The van der Waals surface area contributed by atoms with Crippen molar-refractivity contribution in [2.24, 2.45) is 0 Å². The molecule has 4 rings (SSSR count). The fraction of sp³-hybridized carbons (Fsp3) is 0.278. The smallest absolute Gasteiger partial charge is 0.325 e. The van der Waals surface area contributed by atoms with E-state index >= 15 is 0 Å². The van der Waals surface area contributed by atoms with Gasteiger partial charge in [0.25, 0.3) is 5.91 Å². The second-order valence-corrected chi connectivity index (χ2v) is 6.50. The number of fused-ring (bicyclic) bond motifs is 1. The van der Waals surface area contributed by atoms with Gasteiger partial charge in [-0.3, -0.25) is 9.59 Å². The summed E-state index contributed by atoms with van der Waals surface area (Å²) in [6.45, 7) is -0.187.